The molecule has 1 unspecified atom stereocenters. The Morgan fingerprint density at radius 1 is 1.53 bits per heavy atom. The highest BCUT2D eigenvalue weighted by molar-refractivity contribution is 6.33. The molecule has 0 spiro atoms. The number of para-hydroxylation sites is 1. The van der Waals surface area contributed by atoms with E-state index in [9.17, 15) is 4.79 Å². The Morgan fingerprint density at radius 3 is 3.00 bits per heavy atom. The van der Waals surface area contributed by atoms with E-state index in [0.29, 0.717) is 11.6 Å². The van der Waals surface area contributed by atoms with E-state index in [2.05, 4.69) is 10.2 Å². The maximum atomic E-state index is 10.8. The van der Waals surface area contributed by atoms with Crippen molar-refractivity contribution in [2.75, 3.05) is 24.5 Å². The first-order valence-corrected chi connectivity index (χ1v) is 6.00. The summed E-state index contributed by atoms with van der Waals surface area (Å²) in [6.07, 6.45) is 0.123. The summed E-state index contributed by atoms with van der Waals surface area (Å²) in [4.78, 5) is 12.9. The SMILES string of the molecule is O=C(O)CC1CNCCN1c1ccccc1Cl. The third-order valence-electron chi connectivity index (χ3n) is 2.92. The number of nitrogens with one attached hydrogen (secondary N) is 1. The molecule has 1 aliphatic rings. The number of rotatable bonds is 3. The van der Waals surface area contributed by atoms with Gasteiger partial charge in [-0.3, -0.25) is 4.79 Å². The molecule has 2 N–H and O–H groups in total. The Bertz CT molecular complexity index is 411. The number of aliphatic carboxylic acids is 1. The van der Waals surface area contributed by atoms with Gasteiger partial charge in [0.25, 0.3) is 0 Å². The van der Waals surface area contributed by atoms with Gasteiger partial charge < -0.3 is 15.3 Å². The van der Waals surface area contributed by atoms with Crippen LogP contribution in [0.3, 0.4) is 0 Å². The quantitative estimate of drug-likeness (QED) is 0.860. The highest BCUT2D eigenvalue weighted by atomic mass is 35.5. The fourth-order valence-corrected chi connectivity index (χ4v) is 2.39. The van der Waals surface area contributed by atoms with Crippen LogP contribution >= 0.6 is 11.6 Å². The molecule has 1 atom stereocenters. The molecule has 92 valence electrons. The van der Waals surface area contributed by atoms with Gasteiger partial charge in [0.1, 0.15) is 0 Å². The second kappa shape index (κ2) is 5.38. The molecule has 1 saturated heterocycles. The molecule has 0 aliphatic carbocycles. The summed E-state index contributed by atoms with van der Waals surface area (Å²) >= 11 is 6.15. The van der Waals surface area contributed by atoms with E-state index in [1.165, 1.54) is 0 Å². The fourth-order valence-electron chi connectivity index (χ4n) is 2.15. The van der Waals surface area contributed by atoms with Gasteiger partial charge in [-0.2, -0.15) is 0 Å². The molecule has 1 aromatic carbocycles. The van der Waals surface area contributed by atoms with Gasteiger partial charge in [0.15, 0.2) is 0 Å². The normalized spacial score (nSPS) is 20.3. The zero-order chi connectivity index (χ0) is 12.3. The average Bonchev–Trinajstić information content (AvgIpc) is 2.30. The van der Waals surface area contributed by atoms with Crippen molar-refractivity contribution in [1.82, 2.24) is 5.32 Å². The summed E-state index contributed by atoms with van der Waals surface area (Å²) in [5.41, 5.74) is 0.918. The van der Waals surface area contributed by atoms with Crippen LogP contribution in [-0.4, -0.2) is 36.8 Å². The number of hydrogen-bond acceptors (Lipinski definition) is 3. The van der Waals surface area contributed by atoms with E-state index in [-0.39, 0.29) is 12.5 Å². The lowest BCUT2D eigenvalue weighted by Crippen LogP contribution is -2.52. The average molecular weight is 255 g/mol. The van der Waals surface area contributed by atoms with Gasteiger partial charge in [0, 0.05) is 19.6 Å². The fraction of sp³-hybridized carbons (Fsp3) is 0.417. The van der Waals surface area contributed by atoms with Crippen molar-refractivity contribution in [3.8, 4) is 0 Å². The van der Waals surface area contributed by atoms with Gasteiger partial charge in [-0.05, 0) is 12.1 Å². The van der Waals surface area contributed by atoms with Crippen LogP contribution in [0.15, 0.2) is 24.3 Å². The Balaban J connectivity index is 2.21. The number of carbonyl (C=O) groups is 1. The third-order valence-corrected chi connectivity index (χ3v) is 3.24. The number of piperazine rings is 1. The predicted octanol–water partition coefficient (Wildman–Crippen LogP) is 1.59. The zero-order valence-electron chi connectivity index (χ0n) is 9.40. The number of halogens is 1. The summed E-state index contributed by atoms with van der Waals surface area (Å²) < 4.78 is 0. The number of hydrogen-bond donors (Lipinski definition) is 2. The first-order valence-electron chi connectivity index (χ1n) is 5.62. The van der Waals surface area contributed by atoms with E-state index in [1.54, 1.807) is 0 Å². The molecule has 1 aliphatic heterocycles. The molecule has 0 bridgehead atoms. The molecule has 0 saturated carbocycles. The van der Waals surface area contributed by atoms with Gasteiger partial charge in [0.05, 0.1) is 23.2 Å². The van der Waals surface area contributed by atoms with Gasteiger partial charge >= 0.3 is 5.97 Å². The Hall–Kier alpha value is -1.26. The first kappa shape index (κ1) is 12.2. The lowest BCUT2D eigenvalue weighted by atomic mass is 10.1. The number of carboxylic acid groups (broad SMARTS) is 1. The smallest absolute Gasteiger partial charge is 0.305 e. The molecule has 17 heavy (non-hydrogen) atoms. The molecule has 0 aromatic heterocycles. The molecule has 1 heterocycles. The standard InChI is InChI=1S/C12H15ClN2O2/c13-10-3-1-2-4-11(10)15-6-5-14-8-9(15)7-12(16)17/h1-4,9,14H,5-8H2,(H,16,17). The summed E-state index contributed by atoms with van der Waals surface area (Å²) in [6, 6.07) is 7.52. The van der Waals surface area contributed by atoms with Crippen molar-refractivity contribution in [3.05, 3.63) is 29.3 Å². The van der Waals surface area contributed by atoms with Crippen LogP contribution in [0.1, 0.15) is 6.42 Å². The van der Waals surface area contributed by atoms with E-state index >= 15 is 0 Å². The number of benzene rings is 1. The van der Waals surface area contributed by atoms with Crippen LogP contribution in [0.25, 0.3) is 0 Å². The van der Waals surface area contributed by atoms with Crippen LogP contribution in [-0.2, 0) is 4.79 Å². The Kier molecular flexibility index (Phi) is 3.86. The summed E-state index contributed by atoms with van der Waals surface area (Å²) in [6.45, 7) is 2.31. The lowest BCUT2D eigenvalue weighted by molar-refractivity contribution is -0.137. The largest absolute Gasteiger partial charge is 0.481 e. The monoisotopic (exact) mass is 254 g/mol. The Morgan fingerprint density at radius 2 is 2.29 bits per heavy atom. The predicted molar refractivity (Wildman–Crippen MR) is 67.7 cm³/mol. The minimum absolute atomic E-state index is 0.0406. The van der Waals surface area contributed by atoms with Crippen LogP contribution < -0.4 is 10.2 Å². The molecule has 1 aromatic rings. The van der Waals surface area contributed by atoms with Crippen LogP contribution in [0.4, 0.5) is 5.69 Å². The maximum Gasteiger partial charge on any atom is 0.305 e. The van der Waals surface area contributed by atoms with Crippen molar-refractivity contribution >= 4 is 23.3 Å². The number of nitrogens with zero attached hydrogens (tertiary/aromatic N) is 1. The van der Waals surface area contributed by atoms with E-state index in [4.69, 9.17) is 16.7 Å². The lowest BCUT2D eigenvalue weighted by Gasteiger charge is -2.37. The van der Waals surface area contributed by atoms with Gasteiger partial charge in [-0.25, -0.2) is 0 Å². The van der Waals surface area contributed by atoms with Crippen molar-refractivity contribution in [2.24, 2.45) is 0 Å². The van der Waals surface area contributed by atoms with E-state index < -0.39 is 5.97 Å². The van der Waals surface area contributed by atoms with Gasteiger partial charge in [-0.1, -0.05) is 23.7 Å². The molecule has 2 rings (SSSR count). The first-order chi connectivity index (χ1) is 8.18. The van der Waals surface area contributed by atoms with Gasteiger partial charge in [-0.15, -0.1) is 0 Å². The molecule has 4 nitrogen and oxygen atoms in total. The second-order valence-corrected chi connectivity index (χ2v) is 4.51. The zero-order valence-corrected chi connectivity index (χ0v) is 10.2. The number of anilines is 1. The van der Waals surface area contributed by atoms with Crippen LogP contribution in [0, 0.1) is 0 Å². The second-order valence-electron chi connectivity index (χ2n) is 4.10. The van der Waals surface area contributed by atoms with Crippen LogP contribution in [0.2, 0.25) is 5.02 Å². The summed E-state index contributed by atoms with van der Waals surface area (Å²) in [5, 5.41) is 12.8. The van der Waals surface area contributed by atoms with Crippen molar-refractivity contribution in [3.63, 3.8) is 0 Å². The van der Waals surface area contributed by atoms with Crippen molar-refractivity contribution < 1.29 is 9.90 Å². The van der Waals surface area contributed by atoms with Crippen LogP contribution in [0.5, 0.6) is 0 Å². The molecule has 0 radical (unpaired) electrons. The summed E-state index contributed by atoms with van der Waals surface area (Å²) in [5.74, 6) is -0.782. The highest BCUT2D eigenvalue weighted by Crippen LogP contribution is 2.28. The molecule has 5 heteroatoms. The van der Waals surface area contributed by atoms with Crippen molar-refractivity contribution in [2.45, 2.75) is 12.5 Å². The third kappa shape index (κ3) is 2.90. The molecular formula is C12H15ClN2O2. The minimum Gasteiger partial charge on any atom is -0.481 e. The van der Waals surface area contributed by atoms with E-state index in [1.807, 2.05) is 24.3 Å². The van der Waals surface area contributed by atoms with Gasteiger partial charge in [0.2, 0.25) is 0 Å². The maximum absolute atomic E-state index is 10.8. The highest BCUT2D eigenvalue weighted by Gasteiger charge is 2.25. The molecular weight excluding hydrogens is 240 g/mol. The Labute approximate surface area is 105 Å². The molecule has 1 fully saturated rings. The number of carboxylic acids is 1. The minimum atomic E-state index is -0.782. The van der Waals surface area contributed by atoms with Crippen molar-refractivity contribution in [1.29, 1.82) is 0 Å². The topological polar surface area (TPSA) is 52.6 Å². The summed E-state index contributed by atoms with van der Waals surface area (Å²) in [7, 11) is 0. The molecule has 0 amide bonds. The van der Waals surface area contributed by atoms with E-state index in [0.717, 1.165) is 18.8 Å².